The minimum absolute atomic E-state index is 0. The molecule has 1 amide bonds. The second kappa shape index (κ2) is 7.54. The number of aromatic nitrogens is 3. The summed E-state index contributed by atoms with van der Waals surface area (Å²) in [5.41, 5.74) is 2.69. The molecule has 2 bridgehead atoms. The molecule has 2 aromatic rings. The van der Waals surface area contributed by atoms with Gasteiger partial charge in [-0.05, 0) is 44.9 Å². The molecule has 0 radical (unpaired) electrons. The Balaban J connectivity index is 0.00000182. The number of nitrogens with one attached hydrogen (secondary N) is 1. The lowest BCUT2D eigenvalue weighted by Gasteiger charge is -2.27. The number of carbonyl (C=O) groups excluding carboxylic acids is 1. The summed E-state index contributed by atoms with van der Waals surface area (Å²) in [7, 11) is 0. The van der Waals surface area contributed by atoms with Gasteiger partial charge in [0.25, 0.3) is 0 Å². The number of nitrogens with zero attached hydrogens (tertiary/aromatic N) is 4. The highest BCUT2D eigenvalue weighted by Gasteiger charge is 2.38. The molecule has 4 rings (SSSR count). The summed E-state index contributed by atoms with van der Waals surface area (Å²) >= 11 is 0. The molecule has 2 fully saturated rings. The van der Waals surface area contributed by atoms with E-state index in [1.54, 1.807) is 4.68 Å². The number of hydrogen-bond acceptors (Lipinski definition) is 4. The van der Waals surface area contributed by atoms with Crippen molar-refractivity contribution in [1.82, 2.24) is 25.2 Å². The maximum absolute atomic E-state index is 12.9. The molecule has 2 unspecified atom stereocenters. The van der Waals surface area contributed by atoms with Gasteiger partial charge in [-0.15, -0.1) is 17.5 Å². The van der Waals surface area contributed by atoms with Crippen molar-refractivity contribution in [1.29, 1.82) is 0 Å². The molecule has 3 heterocycles. The van der Waals surface area contributed by atoms with Crippen molar-refractivity contribution in [3.05, 3.63) is 41.7 Å². The first-order valence-electron chi connectivity index (χ1n) is 8.72. The zero-order chi connectivity index (χ0) is 16.5. The maximum atomic E-state index is 12.9. The largest absolute Gasteiger partial charge is 0.335 e. The average Bonchev–Trinajstić information content (AvgIpc) is 3.07. The number of benzene rings is 1. The van der Waals surface area contributed by atoms with Crippen molar-refractivity contribution >= 4 is 18.3 Å². The quantitative estimate of drug-likeness (QED) is 0.906. The van der Waals surface area contributed by atoms with Gasteiger partial charge in [0.15, 0.2) is 0 Å². The van der Waals surface area contributed by atoms with Gasteiger partial charge in [0.1, 0.15) is 0 Å². The van der Waals surface area contributed by atoms with Crippen LogP contribution in [0.25, 0.3) is 5.69 Å². The van der Waals surface area contributed by atoms with Crippen LogP contribution in [0.2, 0.25) is 0 Å². The van der Waals surface area contributed by atoms with Crippen LogP contribution in [0.15, 0.2) is 30.3 Å². The lowest BCUT2D eigenvalue weighted by atomic mass is 10.1. The van der Waals surface area contributed by atoms with Crippen LogP contribution >= 0.6 is 12.4 Å². The average molecular weight is 362 g/mol. The molecule has 1 N–H and O–H groups in total. The summed E-state index contributed by atoms with van der Waals surface area (Å²) < 4.78 is 1.81. The van der Waals surface area contributed by atoms with E-state index in [4.69, 9.17) is 0 Å². The number of amides is 1. The van der Waals surface area contributed by atoms with Crippen molar-refractivity contribution in [3.8, 4) is 5.69 Å². The minimum Gasteiger partial charge on any atom is -0.335 e. The third kappa shape index (κ3) is 3.41. The molecule has 2 atom stereocenters. The molecule has 0 spiro atoms. The fraction of sp³-hybridized carbons (Fsp3) is 0.500. The Kier molecular flexibility index (Phi) is 5.39. The Morgan fingerprint density at radius 3 is 2.76 bits per heavy atom. The van der Waals surface area contributed by atoms with Crippen molar-refractivity contribution in [2.45, 2.75) is 44.7 Å². The van der Waals surface area contributed by atoms with Gasteiger partial charge in [-0.25, -0.2) is 4.68 Å². The number of fused-ring (bicyclic) bond motifs is 2. The first kappa shape index (κ1) is 17.9. The van der Waals surface area contributed by atoms with E-state index in [1.807, 2.05) is 37.3 Å². The van der Waals surface area contributed by atoms with E-state index in [-0.39, 0.29) is 18.3 Å². The summed E-state index contributed by atoms with van der Waals surface area (Å²) in [4.78, 5) is 15.0. The van der Waals surface area contributed by atoms with Crippen LogP contribution < -0.4 is 5.32 Å². The molecule has 0 aliphatic carbocycles. The fourth-order valence-electron chi connectivity index (χ4n) is 3.96. The molecule has 2 aliphatic rings. The summed E-state index contributed by atoms with van der Waals surface area (Å²) in [5.74, 6) is 0.189. The molecular formula is C18H24ClN5O. The Hall–Kier alpha value is -1.92. The highest BCUT2D eigenvalue weighted by atomic mass is 35.5. The van der Waals surface area contributed by atoms with Gasteiger partial charge >= 0.3 is 0 Å². The van der Waals surface area contributed by atoms with Gasteiger partial charge in [-0.2, -0.15) is 0 Å². The predicted molar refractivity (Wildman–Crippen MR) is 98.2 cm³/mol. The second-order valence-electron chi connectivity index (χ2n) is 6.72. The highest BCUT2D eigenvalue weighted by molar-refractivity contribution is 5.85. The Bertz CT molecular complexity index is 718. The monoisotopic (exact) mass is 361 g/mol. The molecule has 6 nitrogen and oxygen atoms in total. The van der Waals surface area contributed by atoms with E-state index in [1.165, 1.54) is 0 Å². The molecule has 134 valence electrons. The standard InChI is InChI=1S/C18H23N5O.ClH/c1-13-17(20-21-23(13)15-5-3-2-4-6-15)11-18(24)22-14-7-8-16(22)12-19-10-9-14;/h2-6,14,16,19H,7-12H2,1H3;1H. The number of carbonyl (C=O) groups is 1. The van der Waals surface area contributed by atoms with Gasteiger partial charge in [0.05, 0.1) is 23.5 Å². The van der Waals surface area contributed by atoms with Crippen molar-refractivity contribution in [2.24, 2.45) is 0 Å². The third-order valence-electron chi connectivity index (χ3n) is 5.25. The normalized spacial score (nSPS) is 22.4. The summed E-state index contributed by atoms with van der Waals surface area (Å²) in [5, 5.41) is 11.9. The number of halogens is 1. The Morgan fingerprint density at radius 1 is 1.20 bits per heavy atom. The van der Waals surface area contributed by atoms with Crippen LogP contribution in [0.1, 0.15) is 30.7 Å². The molecule has 2 aliphatic heterocycles. The van der Waals surface area contributed by atoms with E-state index < -0.39 is 0 Å². The zero-order valence-corrected chi connectivity index (χ0v) is 15.2. The fourth-order valence-corrected chi connectivity index (χ4v) is 3.96. The highest BCUT2D eigenvalue weighted by Crippen LogP contribution is 2.28. The Labute approximate surface area is 154 Å². The lowest BCUT2D eigenvalue weighted by molar-refractivity contribution is -0.133. The third-order valence-corrected chi connectivity index (χ3v) is 5.25. The van der Waals surface area contributed by atoms with Crippen LogP contribution in [0.4, 0.5) is 0 Å². The van der Waals surface area contributed by atoms with Crippen LogP contribution in [0, 0.1) is 6.92 Å². The van der Waals surface area contributed by atoms with E-state index in [9.17, 15) is 4.79 Å². The second-order valence-corrected chi connectivity index (χ2v) is 6.72. The molecule has 1 aromatic carbocycles. The topological polar surface area (TPSA) is 63.1 Å². The summed E-state index contributed by atoms with van der Waals surface area (Å²) in [6.07, 6.45) is 3.64. The van der Waals surface area contributed by atoms with E-state index in [0.29, 0.717) is 18.5 Å². The van der Waals surface area contributed by atoms with Gasteiger partial charge < -0.3 is 10.2 Å². The summed E-state index contributed by atoms with van der Waals surface area (Å²) in [6.45, 7) is 3.90. The number of para-hydroxylation sites is 1. The molecule has 2 saturated heterocycles. The lowest BCUT2D eigenvalue weighted by Crippen LogP contribution is -2.43. The van der Waals surface area contributed by atoms with E-state index in [0.717, 1.165) is 49.4 Å². The smallest absolute Gasteiger partial charge is 0.229 e. The molecule has 1 aromatic heterocycles. The van der Waals surface area contributed by atoms with Crippen molar-refractivity contribution in [3.63, 3.8) is 0 Å². The Morgan fingerprint density at radius 2 is 1.96 bits per heavy atom. The van der Waals surface area contributed by atoms with E-state index in [2.05, 4.69) is 20.5 Å². The van der Waals surface area contributed by atoms with Crippen LogP contribution in [-0.2, 0) is 11.2 Å². The van der Waals surface area contributed by atoms with Crippen molar-refractivity contribution in [2.75, 3.05) is 13.1 Å². The van der Waals surface area contributed by atoms with Crippen LogP contribution in [0.5, 0.6) is 0 Å². The van der Waals surface area contributed by atoms with Crippen molar-refractivity contribution < 1.29 is 4.79 Å². The minimum atomic E-state index is 0. The number of rotatable bonds is 3. The van der Waals surface area contributed by atoms with Gasteiger partial charge in [0, 0.05) is 18.6 Å². The SMILES string of the molecule is Cc1c(CC(=O)N2C3CCNCC2CC3)nnn1-c1ccccc1.Cl. The summed E-state index contributed by atoms with van der Waals surface area (Å²) in [6, 6.07) is 10.6. The molecular weight excluding hydrogens is 338 g/mol. The molecule has 7 heteroatoms. The molecule has 25 heavy (non-hydrogen) atoms. The maximum Gasteiger partial charge on any atom is 0.229 e. The zero-order valence-electron chi connectivity index (χ0n) is 14.4. The molecule has 0 saturated carbocycles. The van der Waals surface area contributed by atoms with Gasteiger partial charge in [-0.1, -0.05) is 23.4 Å². The first-order chi connectivity index (χ1) is 11.7. The number of hydrogen-bond donors (Lipinski definition) is 1. The first-order valence-corrected chi connectivity index (χ1v) is 8.72. The van der Waals surface area contributed by atoms with E-state index >= 15 is 0 Å². The van der Waals surface area contributed by atoms with Gasteiger partial charge in [-0.3, -0.25) is 4.79 Å². The van der Waals surface area contributed by atoms with Crippen LogP contribution in [-0.4, -0.2) is 51.0 Å². The van der Waals surface area contributed by atoms with Gasteiger partial charge in [0.2, 0.25) is 5.91 Å². The van der Waals surface area contributed by atoms with Crippen LogP contribution in [0.3, 0.4) is 0 Å². The predicted octanol–water partition coefficient (Wildman–Crippen LogP) is 1.89.